The van der Waals surface area contributed by atoms with Gasteiger partial charge in [-0.25, -0.2) is 4.98 Å². The summed E-state index contributed by atoms with van der Waals surface area (Å²) < 4.78 is 3.24. The molecule has 0 aliphatic carbocycles. The molecule has 96 valence electrons. The van der Waals surface area contributed by atoms with Gasteiger partial charge in [-0.15, -0.1) is 0 Å². The van der Waals surface area contributed by atoms with Crippen molar-refractivity contribution in [3.8, 4) is 0 Å². The van der Waals surface area contributed by atoms with Crippen LogP contribution in [-0.4, -0.2) is 9.55 Å². The Bertz CT molecular complexity index is 505. The van der Waals surface area contributed by atoms with E-state index in [0.29, 0.717) is 5.15 Å². The van der Waals surface area contributed by atoms with Gasteiger partial charge in [-0.1, -0.05) is 53.0 Å². The Kier molecular flexibility index (Phi) is 4.84. The van der Waals surface area contributed by atoms with Crippen LogP contribution in [0.4, 0.5) is 0 Å². The fraction of sp³-hybridized carbons (Fsp3) is 0.357. The van der Waals surface area contributed by atoms with Crippen LogP contribution in [0.15, 0.2) is 34.9 Å². The molecular formula is C14H16BrClN2. The highest BCUT2D eigenvalue weighted by Gasteiger charge is 2.06. The second-order valence-electron chi connectivity index (χ2n) is 4.34. The Hall–Kier alpha value is -0.800. The number of hydrogen-bond donors (Lipinski definition) is 0. The van der Waals surface area contributed by atoms with Crippen molar-refractivity contribution in [2.75, 3.05) is 0 Å². The molecule has 0 amide bonds. The van der Waals surface area contributed by atoms with E-state index in [-0.39, 0.29) is 0 Å². The van der Waals surface area contributed by atoms with Crippen molar-refractivity contribution in [1.29, 1.82) is 0 Å². The van der Waals surface area contributed by atoms with Crippen molar-refractivity contribution in [3.63, 3.8) is 0 Å². The van der Waals surface area contributed by atoms with Crippen LogP contribution in [0, 0.1) is 0 Å². The summed E-state index contributed by atoms with van der Waals surface area (Å²) in [5.41, 5.74) is 1.25. The second-order valence-corrected chi connectivity index (χ2v) is 5.64. The normalized spacial score (nSPS) is 10.8. The highest BCUT2D eigenvalue weighted by Crippen LogP contribution is 2.16. The lowest BCUT2D eigenvalue weighted by Crippen LogP contribution is -2.04. The summed E-state index contributed by atoms with van der Waals surface area (Å²) in [4.78, 5) is 4.38. The van der Waals surface area contributed by atoms with Crippen LogP contribution in [0.5, 0.6) is 0 Å². The predicted molar refractivity (Wildman–Crippen MR) is 79.1 cm³/mol. The second kappa shape index (κ2) is 6.39. The first kappa shape index (κ1) is 13.6. The Morgan fingerprint density at radius 2 is 2.00 bits per heavy atom. The highest BCUT2D eigenvalue weighted by molar-refractivity contribution is 9.10. The molecule has 0 N–H and O–H groups in total. The average Bonchev–Trinajstić information content (AvgIpc) is 2.70. The summed E-state index contributed by atoms with van der Waals surface area (Å²) in [5.74, 6) is 1.07. The standard InChI is InChI=1S/C14H16BrClN2/c1-2-3-4-14-17-13(16)10-18(14)9-11-5-7-12(15)8-6-11/h5-8,10H,2-4,9H2,1H3. The summed E-state index contributed by atoms with van der Waals surface area (Å²) in [7, 11) is 0. The lowest BCUT2D eigenvalue weighted by Gasteiger charge is -2.07. The lowest BCUT2D eigenvalue weighted by atomic mass is 10.2. The van der Waals surface area contributed by atoms with E-state index in [0.717, 1.165) is 29.7 Å². The van der Waals surface area contributed by atoms with Crippen LogP contribution in [0.3, 0.4) is 0 Å². The molecule has 0 spiro atoms. The van der Waals surface area contributed by atoms with Gasteiger partial charge >= 0.3 is 0 Å². The third-order valence-electron chi connectivity index (χ3n) is 2.85. The zero-order valence-electron chi connectivity index (χ0n) is 10.4. The number of halogens is 2. The van der Waals surface area contributed by atoms with E-state index in [9.17, 15) is 0 Å². The summed E-state index contributed by atoms with van der Waals surface area (Å²) in [6, 6.07) is 8.34. The Balaban J connectivity index is 2.14. The van der Waals surface area contributed by atoms with Crippen LogP contribution in [0.2, 0.25) is 5.15 Å². The Labute approximate surface area is 121 Å². The molecule has 0 bridgehead atoms. The quantitative estimate of drug-likeness (QED) is 0.779. The first-order chi connectivity index (χ1) is 8.69. The molecule has 0 atom stereocenters. The molecule has 1 aromatic heterocycles. The van der Waals surface area contributed by atoms with Crippen LogP contribution in [-0.2, 0) is 13.0 Å². The Morgan fingerprint density at radius 1 is 1.28 bits per heavy atom. The molecule has 18 heavy (non-hydrogen) atoms. The number of aromatic nitrogens is 2. The summed E-state index contributed by atoms with van der Waals surface area (Å²) in [5, 5.41) is 0.582. The molecule has 0 aliphatic rings. The molecule has 0 saturated heterocycles. The summed E-state index contributed by atoms with van der Waals surface area (Å²) in [6.07, 6.45) is 5.21. The van der Waals surface area contributed by atoms with Gasteiger partial charge in [0.05, 0.1) is 0 Å². The molecular weight excluding hydrogens is 312 g/mol. The maximum absolute atomic E-state index is 6.00. The van der Waals surface area contributed by atoms with Crippen LogP contribution < -0.4 is 0 Å². The largest absolute Gasteiger partial charge is 0.329 e. The summed E-state index contributed by atoms with van der Waals surface area (Å²) in [6.45, 7) is 3.01. The third-order valence-corrected chi connectivity index (χ3v) is 3.56. The lowest BCUT2D eigenvalue weighted by molar-refractivity contribution is 0.678. The smallest absolute Gasteiger partial charge is 0.147 e. The monoisotopic (exact) mass is 326 g/mol. The number of nitrogens with zero attached hydrogens (tertiary/aromatic N) is 2. The van der Waals surface area contributed by atoms with Gasteiger partial charge in [0.25, 0.3) is 0 Å². The van der Waals surface area contributed by atoms with Gasteiger partial charge in [-0.05, 0) is 24.1 Å². The fourth-order valence-corrected chi connectivity index (χ4v) is 2.36. The van der Waals surface area contributed by atoms with E-state index in [2.05, 4.69) is 56.7 Å². The Morgan fingerprint density at radius 3 is 2.67 bits per heavy atom. The number of rotatable bonds is 5. The van der Waals surface area contributed by atoms with Gasteiger partial charge < -0.3 is 4.57 Å². The molecule has 0 fully saturated rings. The van der Waals surface area contributed by atoms with Gasteiger partial charge in [-0.3, -0.25) is 0 Å². The molecule has 0 unspecified atom stereocenters. The van der Waals surface area contributed by atoms with Gasteiger partial charge in [0.15, 0.2) is 0 Å². The minimum atomic E-state index is 0.582. The van der Waals surface area contributed by atoms with Crippen LogP contribution in [0.1, 0.15) is 31.2 Å². The first-order valence-corrected chi connectivity index (χ1v) is 7.32. The fourth-order valence-electron chi connectivity index (χ4n) is 1.88. The minimum absolute atomic E-state index is 0.582. The SMILES string of the molecule is CCCCc1nc(Cl)cn1Cc1ccc(Br)cc1. The molecule has 0 aliphatic heterocycles. The number of hydrogen-bond acceptors (Lipinski definition) is 1. The molecule has 2 aromatic rings. The van der Waals surface area contributed by atoms with Gasteiger partial charge in [0.2, 0.25) is 0 Å². The number of unbranched alkanes of at least 4 members (excludes halogenated alkanes) is 1. The zero-order valence-corrected chi connectivity index (χ0v) is 12.7. The molecule has 4 heteroatoms. The molecule has 1 heterocycles. The van der Waals surface area contributed by atoms with Crippen molar-refractivity contribution >= 4 is 27.5 Å². The number of benzene rings is 1. The van der Waals surface area contributed by atoms with Crippen LogP contribution in [0.25, 0.3) is 0 Å². The zero-order chi connectivity index (χ0) is 13.0. The van der Waals surface area contributed by atoms with Crippen molar-refractivity contribution in [2.45, 2.75) is 32.7 Å². The van der Waals surface area contributed by atoms with Crippen molar-refractivity contribution in [1.82, 2.24) is 9.55 Å². The van der Waals surface area contributed by atoms with Crippen molar-refractivity contribution < 1.29 is 0 Å². The van der Waals surface area contributed by atoms with Gasteiger partial charge in [-0.2, -0.15) is 0 Å². The van der Waals surface area contributed by atoms with E-state index in [4.69, 9.17) is 11.6 Å². The maximum atomic E-state index is 6.00. The van der Waals surface area contributed by atoms with E-state index < -0.39 is 0 Å². The number of aryl methyl sites for hydroxylation is 1. The number of imidazole rings is 1. The van der Waals surface area contributed by atoms with E-state index in [1.54, 1.807) is 0 Å². The van der Waals surface area contributed by atoms with E-state index in [1.807, 2.05) is 6.20 Å². The predicted octanol–water partition coefficient (Wildman–Crippen LogP) is 4.69. The minimum Gasteiger partial charge on any atom is -0.329 e. The molecule has 2 nitrogen and oxygen atoms in total. The molecule has 0 radical (unpaired) electrons. The average molecular weight is 328 g/mol. The van der Waals surface area contributed by atoms with E-state index in [1.165, 1.54) is 12.0 Å². The topological polar surface area (TPSA) is 17.8 Å². The molecule has 2 rings (SSSR count). The molecule has 1 aromatic carbocycles. The maximum Gasteiger partial charge on any atom is 0.147 e. The first-order valence-electron chi connectivity index (χ1n) is 6.15. The molecule has 0 saturated carbocycles. The van der Waals surface area contributed by atoms with Crippen LogP contribution >= 0.6 is 27.5 Å². The van der Waals surface area contributed by atoms with Gasteiger partial charge in [0, 0.05) is 23.6 Å². The summed E-state index contributed by atoms with van der Waals surface area (Å²) >= 11 is 9.44. The van der Waals surface area contributed by atoms with Gasteiger partial charge in [0.1, 0.15) is 11.0 Å². The van der Waals surface area contributed by atoms with Crippen molar-refractivity contribution in [3.05, 3.63) is 51.5 Å². The highest BCUT2D eigenvalue weighted by atomic mass is 79.9. The third kappa shape index (κ3) is 3.59. The van der Waals surface area contributed by atoms with Crippen molar-refractivity contribution in [2.24, 2.45) is 0 Å². The van der Waals surface area contributed by atoms with E-state index >= 15 is 0 Å².